The monoisotopic (exact) mass is 136 g/mol. The molecule has 0 aliphatic heterocycles. The summed E-state index contributed by atoms with van der Waals surface area (Å²) in [5.41, 5.74) is 0. The molecule has 0 saturated heterocycles. The van der Waals surface area contributed by atoms with Crippen LogP contribution >= 0.6 is 0 Å². The smallest absolute Gasteiger partial charge is 0.146 e. The first kappa shape index (κ1) is 8.85. The number of hydrogen-bond donors (Lipinski definition) is 0. The second-order valence-corrected chi connectivity index (χ2v) is 1.71. The topological polar surface area (TPSA) is 18.5 Å². The van der Waals surface area contributed by atoms with Gasteiger partial charge >= 0.3 is 0 Å². The van der Waals surface area contributed by atoms with Crippen LogP contribution in [-0.2, 0) is 9.47 Å². The summed E-state index contributed by atoms with van der Waals surface area (Å²) >= 11 is 0. The average Bonchev–Trinajstić information content (AvgIpc) is 1.85. The van der Waals surface area contributed by atoms with Gasteiger partial charge in [0.15, 0.2) is 0 Å². The predicted molar refractivity (Wildman–Crippen MR) is 33.3 cm³/mol. The van der Waals surface area contributed by atoms with Crippen LogP contribution in [0.15, 0.2) is 0 Å². The van der Waals surface area contributed by atoms with Crippen molar-refractivity contribution in [2.45, 2.75) is 13.1 Å². The van der Waals surface area contributed by atoms with E-state index in [1.165, 1.54) is 7.11 Å². The third-order valence-electron chi connectivity index (χ3n) is 0.850. The zero-order valence-electron chi connectivity index (χ0n) is 5.89. The van der Waals surface area contributed by atoms with E-state index in [4.69, 9.17) is 4.74 Å². The van der Waals surface area contributed by atoms with Gasteiger partial charge in [-0.15, -0.1) is 0 Å². The molecule has 0 aliphatic carbocycles. The SMILES string of the molecule is CCOCC(F)COC. The molecule has 0 heterocycles. The molecule has 0 N–H and O–H groups in total. The Morgan fingerprint density at radius 1 is 1.44 bits per heavy atom. The summed E-state index contributed by atoms with van der Waals surface area (Å²) in [4.78, 5) is 0. The van der Waals surface area contributed by atoms with Crippen molar-refractivity contribution < 1.29 is 13.9 Å². The van der Waals surface area contributed by atoms with Crippen molar-refractivity contribution >= 4 is 0 Å². The minimum absolute atomic E-state index is 0.125. The van der Waals surface area contributed by atoms with Crippen LogP contribution in [0.2, 0.25) is 0 Å². The molecular weight excluding hydrogens is 123 g/mol. The molecule has 2 nitrogen and oxygen atoms in total. The molecule has 0 aliphatic rings. The maximum atomic E-state index is 12.3. The standard InChI is InChI=1S/C6H13FO2/c1-3-9-5-6(7)4-8-2/h6H,3-5H2,1-2H3. The van der Waals surface area contributed by atoms with Crippen LogP contribution in [0.4, 0.5) is 4.39 Å². The van der Waals surface area contributed by atoms with Gasteiger partial charge in [0.2, 0.25) is 0 Å². The lowest BCUT2D eigenvalue weighted by Gasteiger charge is -2.05. The first-order valence-corrected chi connectivity index (χ1v) is 3.02. The van der Waals surface area contributed by atoms with Gasteiger partial charge in [-0.1, -0.05) is 0 Å². The zero-order valence-corrected chi connectivity index (χ0v) is 5.89. The number of methoxy groups -OCH3 is 1. The minimum atomic E-state index is -0.977. The number of rotatable bonds is 5. The largest absolute Gasteiger partial charge is 0.382 e. The van der Waals surface area contributed by atoms with Crippen LogP contribution < -0.4 is 0 Å². The fourth-order valence-corrected chi connectivity index (χ4v) is 0.475. The van der Waals surface area contributed by atoms with E-state index in [-0.39, 0.29) is 13.2 Å². The third kappa shape index (κ3) is 5.73. The first-order valence-electron chi connectivity index (χ1n) is 3.02. The highest BCUT2D eigenvalue weighted by atomic mass is 19.1. The molecule has 56 valence electrons. The van der Waals surface area contributed by atoms with E-state index in [9.17, 15) is 4.39 Å². The van der Waals surface area contributed by atoms with E-state index in [0.717, 1.165) is 0 Å². The van der Waals surface area contributed by atoms with Crippen molar-refractivity contribution in [2.75, 3.05) is 26.9 Å². The highest BCUT2D eigenvalue weighted by molar-refractivity contribution is 4.49. The van der Waals surface area contributed by atoms with Gasteiger partial charge in [-0.2, -0.15) is 0 Å². The lowest BCUT2D eigenvalue weighted by Crippen LogP contribution is -2.15. The van der Waals surface area contributed by atoms with Crippen molar-refractivity contribution in [2.24, 2.45) is 0 Å². The molecule has 0 aromatic rings. The Hall–Kier alpha value is -0.150. The maximum Gasteiger partial charge on any atom is 0.146 e. The van der Waals surface area contributed by atoms with E-state index >= 15 is 0 Å². The molecule has 3 heteroatoms. The van der Waals surface area contributed by atoms with Crippen LogP contribution in [0.3, 0.4) is 0 Å². The summed E-state index contributed by atoms with van der Waals surface area (Å²) < 4.78 is 21.7. The molecule has 0 aromatic heterocycles. The summed E-state index contributed by atoms with van der Waals surface area (Å²) in [6.07, 6.45) is -0.977. The Kier molecular flexibility index (Phi) is 5.88. The van der Waals surface area contributed by atoms with Crippen molar-refractivity contribution in [3.63, 3.8) is 0 Å². The normalized spacial score (nSPS) is 13.7. The van der Waals surface area contributed by atoms with E-state index in [1.807, 2.05) is 6.92 Å². The molecular formula is C6H13FO2. The van der Waals surface area contributed by atoms with Gasteiger partial charge in [0.25, 0.3) is 0 Å². The second-order valence-electron chi connectivity index (χ2n) is 1.71. The molecule has 0 aromatic carbocycles. The Labute approximate surface area is 55.0 Å². The van der Waals surface area contributed by atoms with Crippen molar-refractivity contribution in [1.29, 1.82) is 0 Å². The minimum Gasteiger partial charge on any atom is -0.382 e. The number of halogens is 1. The fraction of sp³-hybridized carbons (Fsp3) is 1.00. The number of hydrogen-bond acceptors (Lipinski definition) is 2. The van der Waals surface area contributed by atoms with Crippen molar-refractivity contribution in [3.05, 3.63) is 0 Å². The summed E-state index contributed by atoms with van der Waals surface area (Å²) in [5, 5.41) is 0. The molecule has 0 radical (unpaired) electrons. The molecule has 0 spiro atoms. The molecule has 0 fully saturated rings. The molecule has 0 rings (SSSR count). The van der Waals surface area contributed by atoms with E-state index < -0.39 is 6.17 Å². The summed E-state index contributed by atoms with van der Waals surface area (Å²) in [6, 6.07) is 0. The molecule has 0 amide bonds. The van der Waals surface area contributed by atoms with Crippen LogP contribution in [0.1, 0.15) is 6.92 Å². The molecule has 1 atom stereocenters. The van der Waals surface area contributed by atoms with Gasteiger partial charge in [0.05, 0.1) is 13.2 Å². The van der Waals surface area contributed by atoms with Gasteiger partial charge in [0, 0.05) is 13.7 Å². The second kappa shape index (κ2) is 5.98. The van der Waals surface area contributed by atoms with Crippen LogP contribution in [-0.4, -0.2) is 33.1 Å². The molecule has 0 bridgehead atoms. The molecule has 1 unspecified atom stereocenters. The predicted octanol–water partition coefficient (Wildman–Crippen LogP) is 1.01. The van der Waals surface area contributed by atoms with Gasteiger partial charge in [-0.25, -0.2) is 4.39 Å². The van der Waals surface area contributed by atoms with Gasteiger partial charge < -0.3 is 9.47 Å². The third-order valence-corrected chi connectivity index (χ3v) is 0.850. The van der Waals surface area contributed by atoms with Gasteiger partial charge in [-0.05, 0) is 6.92 Å². The van der Waals surface area contributed by atoms with Crippen LogP contribution in [0, 0.1) is 0 Å². The van der Waals surface area contributed by atoms with E-state index in [0.29, 0.717) is 6.61 Å². The summed E-state index contributed by atoms with van der Waals surface area (Å²) in [7, 11) is 1.47. The maximum absolute atomic E-state index is 12.3. The summed E-state index contributed by atoms with van der Waals surface area (Å²) in [5.74, 6) is 0. The zero-order chi connectivity index (χ0) is 7.11. The van der Waals surface area contributed by atoms with Gasteiger partial charge in [0.1, 0.15) is 6.17 Å². The van der Waals surface area contributed by atoms with Crippen molar-refractivity contribution in [1.82, 2.24) is 0 Å². The van der Waals surface area contributed by atoms with E-state index in [1.54, 1.807) is 0 Å². The Bertz CT molecular complexity index is 59.0. The average molecular weight is 136 g/mol. The number of ether oxygens (including phenoxy) is 2. The highest BCUT2D eigenvalue weighted by Gasteiger charge is 2.03. The number of alkyl halides is 1. The lowest BCUT2D eigenvalue weighted by molar-refractivity contribution is 0.0429. The Balaban J connectivity index is 2.95. The molecule has 0 saturated carbocycles. The van der Waals surface area contributed by atoms with Crippen LogP contribution in [0.25, 0.3) is 0 Å². The quantitative estimate of drug-likeness (QED) is 0.561. The van der Waals surface area contributed by atoms with Crippen LogP contribution in [0.5, 0.6) is 0 Å². The van der Waals surface area contributed by atoms with Gasteiger partial charge in [-0.3, -0.25) is 0 Å². The lowest BCUT2D eigenvalue weighted by atomic mass is 10.4. The summed E-state index contributed by atoms with van der Waals surface area (Å²) in [6.45, 7) is 2.66. The van der Waals surface area contributed by atoms with E-state index in [2.05, 4.69) is 4.74 Å². The Morgan fingerprint density at radius 3 is 2.56 bits per heavy atom. The fourth-order valence-electron chi connectivity index (χ4n) is 0.475. The first-order chi connectivity index (χ1) is 4.31. The van der Waals surface area contributed by atoms with Crippen molar-refractivity contribution in [3.8, 4) is 0 Å². The Morgan fingerprint density at radius 2 is 2.11 bits per heavy atom. The molecule has 9 heavy (non-hydrogen) atoms. The highest BCUT2D eigenvalue weighted by Crippen LogP contribution is 1.91.